The molecule has 0 radical (unpaired) electrons. The largest absolute Gasteiger partial charge is 0.309 e. The van der Waals surface area contributed by atoms with Crippen molar-refractivity contribution in [3.63, 3.8) is 0 Å². The van der Waals surface area contributed by atoms with Gasteiger partial charge in [0.2, 0.25) is 0 Å². The van der Waals surface area contributed by atoms with Gasteiger partial charge in [0.15, 0.2) is 7.14 Å². The van der Waals surface area contributed by atoms with Gasteiger partial charge >= 0.3 is 0 Å². The van der Waals surface area contributed by atoms with Crippen molar-refractivity contribution in [1.29, 1.82) is 0 Å². The van der Waals surface area contributed by atoms with Crippen LogP contribution in [0.1, 0.15) is 0 Å². The van der Waals surface area contributed by atoms with Crippen LogP contribution in [0.3, 0.4) is 0 Å². The van der Waals surface area contributed by atoms with Crippen LogP contribution in [0.25, 0.3) is 92.6 Å². The summed E-state index contributed by atoms with van der Waals surface area (Å²) in [4.78, 5) is 5.24. The van der Waals surface area contributed by atoms with Gasteiger partial charge in [-0.3, -0.25) is 4.40 Å². The maximum absolute atomic E-state index is 15.9. The van der Waals surface area contributed by atoms with Crippen molar-refractivity contribution in [2.75, 3.05) is 0 Å². The van der Waals surface area contributed by atoms with E-state index in [1.165, 1.54) is 27.1 Å². The topological polar surface area (TPSA) is 34.4 Å². The Hall–Kier alpha value is -7.06. The van der Waals surface area contributed by atoms with Gasteiger partial charge in [-0.05, 0) is 90.6 Å². The Morgan fingerprint density at radius 3 is 1.53 bits per heavy atom. The lowest BCUT2D eigenvalue weighted by molar-refractivity contribution is 0.592. The molecule has 266 valence electrons. The van der Waals surface area contributed by atoms with Crippen molar-refractivity contribution >= 4 is 105 Å². The number of imidazole rings is 1. The van der Waals surface area contributed by atoms with Gasteiger partial charge < -0.3 is 4.57 Å². The molecular formula is C53H33N2OP. The zero-order valence-electron chi connectivity index (χ0n) is 30.8. The molecular weight excluding hydrogens is 712 g/mol. The Labute approximate surface area is 328 Å². The Bertz CT molecular complexity index is 3610. The first-order valence-electron chi connectivity index (χ1n) is 19.4. The third kappa shape index (κ3) is 4.86. The molecule has 57 heavy (non-hydrogen) atoms. The molecule has 0 aliphatic carbocycles. The number of hydrogen-bond acceptors (Lipinski definition) is 2. The normalized spacial score (nSPS) is 12.3. The van der Waals surface area contributed by atoms with Crippen molar-refractivity contribution in [2.45, 2.75) is 0 Å². The molecule has 4 heteroatoms. The van der Waals surface area contributed by atoms with Gasteiger partial charge in [-0.1, -0.05) is 164 Å². The Morgan fingerprint density at radius 2 is 0.842 bits per heavy atom. The lowest BCUT2D eigenvalue weighted by atomic mass is 10.00. The molecule has 3 nitrogen and oxygen atoms in total. The molecule has 0 N–H and O–H groups in total. The monoisotopic (exact) mass is 744 g/mol. The van der Waals surface area contributed by atoms with E-state index in [0.29, 0.717) is 0 Å². The highest BCUT2D eigenvalue weighted by Crippen LogP contribution is 2.45. The summed E-state index contributed by atoms with van der Waals surface area (Å²) in [6.07, 6.45) is 0. The van der Waals surface area contributed by atoms with E-state index in [2.05, 4.69) is 180 Å². The van der Waals surface area contributed by atoms with Gasteiger partial charge in [-0.25, -0.2) is 4.98 Å². The molecule has 2 heterocycles. The number of hydrogen-bond donors (Lipinski definition) is 0. The van der Waals surface area contributed by atoms with Crippen molar-refractivity contribution in [3.8, 4) is 11.1 Å². The molecule has 0 fully saturated rings. The third-order valence-corrected chi connectivity index (χ3v) is 15.0. The smallest absolute Gasteiger partial charge is 0.171 e. The lowest BCUT2D eigenvalue weighted by Crippen LogP contribution is -2.25. The Morgan fingerprint density at radius 1 is 0.368 bits per heavy atom. The van der Waals surface area contributed by atoms with Crippen LogP contribution in [0.2, 0.25) is 0 Å². The lowest BCUT2D eigenvalue weighted by Gasteiger charge is -2.22. The standard InChI is InChI=1S/C53H33N2OP/c56-57(43-24-19-34-9-1-3-12-37(34)30-43,44-25-20-35-10-2-4-13-38(35)31-44)45-26-21-40-29-39(17-18-41(40)32-45)42-23-28-50-51(33-42)55-52-46-14-6-5-11-36(46)22-27-48(52)47-15-7-8-16-49(47)53(55)54-50/h1-33H. The molecule has 0 spiro atoms. The summed E-state index contributed by atoms with van der Waals surface area (Å²) in [6.45, 7) is 0. The summed E-state index contributed by atoms with van der Waals surface area (Å²) in [5.74, 6) is 0. The Kier molecular flexibility index (Phi) is 6.90. The van der Waals surface area contributed by atoms with Crippen molar-refractivity contribution in [2.24, 2.45) is 0 Å². The first-order valence-corrected chi connectivity index (χ1v) is 21.1. The second-order valence-corrected chi connectivity index (χ2v) is 17.9. The van der Waals surface area contributed by atoms with Gasteiger partial charge in [0.05, 0.1) is 16.6 Å². The van der Waals surface area contributed by atoms with Gasteiger partial charge in [0.1, 0.15) is 5.65 Å². The summed E-state index contributed by atoms with van der Waals surface area (Å²) in [5, 5.41) is 15.1. The number of benzene rings is 10. The average molecular weight is 745 g/mol. The maximum Gasteiger partial charge on any atom is 0.171 e. The van der Waals surface area contributed by atoms with Crippen LogP contribution in [-0.2, 0) is 4.57 Å². The zero-order valence-corrected chi connectivity index (χ0v) is 31.7. The molecule has 10 aromatic carbocycles. The van der Waals surface area contributed by atoms with Crippen LogP contribution in [0.15, 0.2) is 200 Å². The summed E-state index contributed by atoms with van der Waals surface area (Å²) in [5.41, 5.74) is 6.43. The van der Waals surface area contributed by atoms with E-state index in [9.17, 15) is 0 Å². The number of rotatable bonds is 4. The minimum Gasteiger partial charge on any atom is -0.309 e. The molecule has 0 unspecified atom stereocenters. The Balaban J connectivity index is 1.03. The van der Waals surface area contributed by atoms with Crippen molar-refractivity contribution in [1.82, 2.24) is 9.38 Å². The molecule has 12 aromatic rings. The highest BCUT2D eigenvalue weighted by atomic mass is 31.2. The quantitative estimate of drug-likeness (QED) is 0.133. The fourth-order valence-corrected chi connectivity index (χ4v) is 11.8. The minimum atomic E-state index is -3.27. The van der Waals surface area contributed by atoms with E-state index in [1.54, 1.807) is 0 Å². The summed E-state index contributed by atoms with van der Waals surface area (Å²) < 4.78 is 18.3. The van der Waals surface area contributed by atoms with Gasteiger partial charge in [0.25, 0.3) is 0 Å². The van der Waals surface area contributed by atoms with E-state index in [-0.39, 0.29) is 0 Å². The second-order valence-electron chi connectivity index (χ2n) is 15.1. The number of nitrogens with zero attached hydrogens (tertiary/aromatic N) is 2. The van der Waals surface area contributed by atoms with Crippen LogP contribution in [-0.4, -0.2) is 9.38 Å². The molecule has 2 aromatic heterocycles. The van der Waals surface area contributed by atoms with Crippen molar-refractivity contribution in [3.05, 3.63) is 200 Å². The first kappa shape index (κ1) is 32.2. The number of pyridine rings is 1. The van der Waals surface area contributed by atoms with E-state index >= 15 is 4.57 Å². The van der Waals surface area contributed by atoms with E-state index in [1.807, 2.05) is 24.3 Å². The molecule has 0 amide bonds. The van der Waals surface area contributed by atoms with E-state index in [0.717, 1.165) is 81.4 Å². The van der Waals surface area contributed by atoms with Crippen LogP contribution >= 0.6 is 7.14 Å². The van der Waals surface area contributed by atoms with Crippen LogP contribution in [0, 0.1) is 0 Å². The zero-order chi connectivity index (χ0) is 37.7. The van der Waals surface area contributed by atoms with E-state index < -0.39 is 7.14 Å². The highest BCUT2D eigenvalue weighted by molar-refractivity contribution is 7.85. The molecule has 12 rings (SSSR count). The third-order valence-electron chi connectivity index (χ3n) is 12.0. The second kappa shape index (κ2) is 12.2. The molecule has 0 aliphatic rings. The minimum absolute atomic E-state index is 0.826. The first-order chi connectivity index (χ1) is 28.1. The predicted octanol–water partition coefficient (Wildman–Crippen LogP) is 12.7. The molecule has 0 saturated heterocycles. The summed E-state index contributed by atoms with van der Waals surface area (Å²) in [7, 11) is -3.27. The molecule has 0 aliphatic heterocycles. The van der Waals surface area contributed by atoms with Crippen molar-refractivity contribution < 1.29 is 4.57 Å². The summed E-state index contributed by atoms with van der Waals surface area (Å²) >= 11 is 0. The fraction of sp³-hybridized carbons (Fsp3) is 0. The van der Waals surface area contributed by atoms with Gasteiger partial charge in [-0.2, -0.15) is 0 Å². The fourth-order valence-electron chi connectivity index (χ4n) is 9.09. The van der Waals surface area contributed by atoms with Gasteiger partial charge in [-0.15, -0.1) is 0 Å². The van der Waals surface area contributed by atoms with Gasteiger partial charge in [0, 0.05) is 32.1 Å². The van der Waals surface area contributed by atoms with Crippen LogP contribution in [0.5, 0.6) is 0 Å². The van der Waals surface area contributed by atoms with Crippen LogP contribution in [0.4, 0.5) is 0 Å². The average Bonchev–Trinajstić information content (AvgIpc) is 3.67. The molecule has 0 bridgehead atoms. The SMILES string of the molecule is O=P(c1ccc2ccccc2c1)(c1ccc2ccccc2c1)c1ccc2cc(-c3ccc4nc5c6ccccc6c6ccc7ccccc7c6n5c4c3)ccc2c1. The predicted molar refractivity (Wildman–Crippen MR) is 243 cm³/mol. The van der Waals surface area contributed by atoms with Crippen LogP contribution < -0.4 is 15.9 Å². The maximum atomic E-state index is 15.9. The van der Waals surface area contributed by atoms with E-state index in [4.69, 9.17) is 4.98 Å². The number of fused-ring (bicyclic) bond motifs is 13. The summed E-state index contributed by atoms with van der Waals surface area (Å²) in [6, 6.07) is 70.4. The molecule has 0 atom stereocenters. The number of aromatic nitrogens is 2. The highest BCUT2D eigenvalue weighted by Gasteiger charge is 2.31. The molecule has 0 saturated carbocycles.